The molecule has 0 amide bonds. The number of aryl methyl sites for hydroxylation is 1. The average molecular weight is 294 g/mol. The van der Waals surface area contributed by atoms with Crippen molar-refractivity contribution in [2.45, 2.75) is 97.1 Å². The largest absolute Gasteiger partial charge is 0.388 e. The van der Waals surface area contributed by atoms with Gasteiger partial charge in [-0.15, -0.1) is 0 Å². The van der Waals surface area contributed by atoms with E-state index in [4.69, 9.17) is 0 Å². The summed E-state index contributed by atoms with van der Waals surface area (Å²) in [7, 11) is 0. The van der Waals surface area contributed by atoms with Crippen molar-refractivity contribution in [1.29, 1.82) is 0 Å². The molecule has 0 aliphatic carbocycles. The Morgan fingerprint density at radius 1 is 0.952 bits per heavy atom. The van der Waals surface area contributed by atoms with Crippen molar-refractivity contribution in [3.63, 3.8) is 0 Å². The van der Waals surface area contributed by atoms with Crippen molar-refractivity contribution >= 4 is 0 Å². The summed E-state index contributed by atoms with van der Waals surface area (Å²) in [6, 6.07) is 0. The van der Waals surface area contributed by atoms with Crippen LogP contribution in [0.25, 0.3) is 0 Å². The topological polar surface area (TPSA) is 38.0 Å². The molecule has 1 heterocycles. The van der Waals surface area contributed by atoms with Gasteiger partial charge in [-0.25, -0.2) is 0 Å². The Morgan fingerprint density at radius 2 is 1.52 bits per heavy atom. The third-order valence-electron chi connectivity index (χ3n) is 4.17. The summed E-state index contributed by atoms with van der Waals surface area (Å²) in [5.74, 6) is 0. The van der Waals surface area contributed by atoms with E-state index in [2.05, 4.69) is 12.0 Å². The van der Waals surface area contributed by atoms with Crippen molar-refractivity contribution in [3.8, 4) is 0 Å². The molecule has 1 aromatic rings. The third kappa shape index (κ3) is 8.25. The van der Waals surface area contributed by atoms with E-state index in [0.29, 0.717) is 0 Å². The summed E-state index contributed by atoms with van der Waals surface area (Å²) in [4.78, 5) is 0. The van der Waals surface area contributed by atoms with Crippen molar-refractivity contribution in [1.82, 2.24) is 9.78 Å². The van der Waals surface area contributed by atoms with E-state index in [-0.39, 0.29) is 6.10 Å². The fraction of sp³-hybridized carbons (Fsp3) is 0.833. The molecule has 1 N–H and O–H groups in total. The predicted octanol–water partition coefficient (Wildman–Crippen LogP) is 5.25. The Morgan fingerprint density at radius 3 is 2.10 bits per heavy atom. The first-order valence-electron chi connectivity index (χ1n) is 8.98. The zero-order valence-corrected chi connectivity index (χ0v) is 14.1. The highest BCUT2D eigenvalue weighted by Crippen LogP contribution is 2.15. The first-order valence-corrected chi connectivity index (χ1v) is 8.98. The van der Waals surface area contributed by atoms with Gasteiger partial charge in [0, 0.05) is 18.3 Å². The van der Waals surface area contributed by atoms with Crippen LogP contribution in [0, 0.1) is 0 Å². The minimum Gasteiger partial charge on any atom is -0.388 e. The zero-order chi connectivity index (χ0) is 15.3. The van der Waals surface area contributed by atoms with Crippen LogP contribution in [0.5, 0.6) is 0 Å². The molecule has 0 bridgehead atoms. The van der Waals surface area contributed by atoms with Crippen LogP contribution in [0.3, 0.4) is 0 Å². The molecule has 1 aromatic heterocycles. The lowest BCUT2D eigenvalue weighted by Gasteiger charge is -2.04. The van der Waals surface area contributed by atoms with Gasteiger partial charge in [0.2, 0.25) is 0 Å². The van der Waals surface area contributed by atoms with Crippen LogP contribution in [-0.4, -0.2) is 14.9 Å². The minimum atomic E-state index is -0.355. The van der Waals surface area contributed by atoms with Crippen LogP contribution < -0.4 is 0 Å². The molecular weight excluding hydrogens is 260 g/mol. The number of aliphatic hydroxyl groups excluding tert-OH is 1. The van der Waals surface area contributed by atoms with Crippen LogP contribution >= 0.6 is 0 Å². The van der Waals surface area contributed by atoms with Crippen molar-refractivity contribution < 1.29 is 5.11 Å². The van der Waals surface area contributed by atoms with E-state index in [1.54, 1.807) is 6.20 Å². The van der Waals surface area contributed by atoms with Gasteiger partial charge in [-0.2, -0.15) is 5.10 Å². The highest BCUT2D eigenvalue weighted by Gasteiger charge is 2.06. The molecule has 0 spiro atoms. The Labute approximate surface area is 130 Å². The Balaban J connectivity index is 1.95. The lowest BCUT2D eigenvalue weighted by atomic mass is 10.1. The Kier molecular flexibility index (Phi) is 10.2. The van der Waals surface area contributed by atoms with Crippen LogP contribution in [0.1, 0.15) is 96.1 Å². The fourth-order valence-electron chi connectivity index (χ4n) is 2.67. The van der Waals surface area contributed by atoms with Crippen molar-refractivity contribution in [2.24, 2.45) is 0 Å². The predicted molar refractivity (Wildman–Crippen MR) is 89.3 cm³/mol. The van der Waals surface area contributed by atoms with Crippen molar-refractivity contribution in [2.75, 3.05) is 0 Å². The fourth-order valence-corrected chi connectivity index (χ4v) is 2.67. The second kappa shape index (κ2) is 11.8. The molecule has 122 valence electrons. The maximum atomic E-state index is 9.74. The highest BCUT2D eigenvalue weighted by molar-refractivity contribution is 5.07. The van der Waals surface area contributed by atoms with Gasteiger partial charge in [0.15, 0.2) is 0 Å². The number of aliphatic hydroxyl groups is 1. The summed E-state index contributed by atoms with van der Waals surface area (Å²) >= 11 is 0. The van der Waals surface area contributed by atoms with Gasteiger partial charge in [0.1, 0.15) is 0 Å². The van der Waals surface area contributed by atoms with E-state index < -0.39 is 0 Å². The molecule has 1 unspecified atom stereocenters. The van der Waals surface area contributed by atoms with Crippen LogP contribution in [0.15, 0.2) is 12.4 Å². The lowest BCUT2D eigenvalue weighted by Crippen LogP contribution is -1.98. The van der Waals surface area contributed by atoms with Crippen LogP contribution in [0.2, 0.25) is 0 Å². The van der Waals surface area contributed by atoms with Gasteiger partial charge in [0.05, 0.1) is 12.3 Å². The van der Waals surface area contributed by atoms with E-state index in [9.17, 15) is 5.11 Å². The molecule has 1 rings (SSSR count). The number of unbranched alkanes of at least 4 members (excludes halogenated alkanes) is 9. The monoisotopic (exact) mass is 294 g/mol. The SMILES string of the molecule is CCCCCCCCCCCCn1cc(C(O)CC)cn1. The number of hydrogen-bond donors (Lipinski definition) is 1. The second-order valence-electron chi connectivity index (χ2n) is 6.14. The Bertz CT molecular complexity index is 349. The summed E-state index contributed by atoms with van der Waals surface area (Å²) in [5, 5.41) is 14.1. The van der Waals surface area contributed by atoms with E-state index in [1.807, 2.05) is 17.8 Å². The third-order valence-corrected chi connectivity index (χ3v) is 4.17. The van der Waals surface area contributed by atoms with Gasteiger partial charge < -0.3 is 5.11 Å². The van der Waals surface area contributed by atoms with E-state index in [0.717, 1.165) is 18.5 Å². The second-order valence-corrected chi connectivity index (χ2v) is 6.14. The first kappa shape index (κ1) is 18.2. The Hall–Kier alpha value is -0.830. The van der Waals surface area contributed by atoms with E-state index in [1.165, 1.54) is 64.2 Å². The number of hydrogen-bond acceptors (Lipinski definition) is 2. The minimum absolute atomic E-state index is 0.355. The van der Waals surface area contributed by atoms with Gasteiger partial charge in [-0.1, -0.05) is 71.6 Å². The molecule has 3 heteroatoms. The highest BCUT2D eigenvalue weighted by atomic mass is 16.3. The van der Waals surface area contributed by atoms with Crippen LogP contribution in [0.4, 0.5) is 0 Å². The molecule has 0 radical (unpaired) electrons. The van der Waals surface area contributed by atoms with E-state index >= 15 is 0 Å². The smallest absolute Gasteiger partial charge is 0.0817 e. The average Bonchev–Trinajstić information content (AvgIpc) is 2.97. The number of aromatic nitrogens is 2. The first-order chi connectivity index (χ1) is 10.3. The zero-order valence-electron chi connectivity index (χ0n) is 14.1. The van der Waals surface area contributed by atoms with Gasteiger partial charge >= 0.3 is 0 Å². The van der Waals surface area contributed by atoms with Gasteiger partial charge in [-0.3, -0.25) is 4.68 Å². The molecule has 0 fully saturated rings. The molecule has 0 saturated heterocycles. The molecule has 0 aromatic carbocycles. The summed E-state index contributed by atoms with van der Waals surface area (Å²) in [6.45, 7) is 5.24. The summed E-state index contributed by atoms with van der Waals surface area (Å²) in [5.41, 5.74) is 0.949. The van der Waals surface area contributed by atoms with Gasteiger partial charge in [-0.05, 0) is 12.8 Å². The standard InChI is InChI=1S/C18H34N2O/c1-3-5-6-7-8-9-10-11-12-13-14-20-16-17(15-19-20)18(21)4-2/h15-16,18,21H,3-14H2,1-2H3. The number of rotatable bonds is 13. The molecule has 1 atom stereocenters. The quantitative estimate of drug-likeness (QED) is 0.505. The molecule has 0 aliphatic heterocycles. The maximum Gasteiger partial charge on any atom is 0.0817 e. The molecular formula is C18H34N2O. The van der Waals surface area contributed by atoms with Gasteiger partial charge in [0.25, 0.3) is 0 Å². The maximum absolute atomic E-state index is 9.74. The molecule has 0 saturated carbocycles. The normalized spacial score (nSPS) is 12.7. The van der Waals surface area contributed by atoms with Crippen molar-refractivity contribution in [3.05, 3.63) is 18.0 Å². The molecule has 0 aliphatic rings. The molecule has 3 nitrogen and oxygen atoms in total. The van der Waals surface area contributed by atoms with Crippen LogP contribution in [-0.2, 0) is 6.54 Å². The molecule has 21 heavy (non-hydrogen) atoms. The summed E-state index contributed by atoms with van der Waals surface area (Å²) < 4.78 is 1.97. The lowest BCUT2D eigenvalue weighted by molar-refractivity contribution is 0.173. The number of nitrogens with zero attached hydrogens (tertiary/aromatic N) is 2. The summed E-state index contributed by atoms with van der Waals surface area (Å²) in [6.07, 6.45) is 17.8.